The average Bonchev–Trinajstić information content (AvgIpc) is 1.94. The Morgan fingerprint density at radius 3 is 2.25 bits per heavy atom. The summed E-state index contributed by atoms with van der Waals surface area (Å²) < 4.78 is 0. The Labute approximate surface area is 85.4 Å². The molecule has 0 amide bonds. The van der Waals surface area contributed by atoms with E-state index in [0.29, 0.717) is 0 Å². The molecule has 0 aliphatic heterocycles. The number of carboxylic acids is 1. The molecule has 0 atom stereocenters. The van der Waals surface area contributed by atoms with Crippen LogP contribution in [0, 0.1) is 0 Å². The van der Waals surface area contributed by atoms with Gasteiger partial charge < -0.3 is 15.3 Å². The maximum absolute atomic E-state index is 10.3. The minimum atomic E-state index is -1.27. The Bertz CT molecular complexity index is 297. The van der Waals surface area contributed by atoms with Crippen molar-refractivity contribution >= 4 is 29.9 Å². The molecule has 0 aliphatic carbocycles. The summed E-state index contributed by atoms with van der Waals surface area (Å²) >= 11 is 0. The third-order valence-corrected chi connectivity index (χ3v) is 1.21. The van der Waals surface area contributed by atoms with Crippen LogP contribution in [0.15, 0.2) is 18.2 Å². The first-order valence-electron chi connectivity index (χ1n) is 2.86. The number of carbonyl (C=O) groups is 1. The molecule has 2 radical (unpaired) electrons. The van der Waals surface area contributed by atoms with Crippen molar-refractivity contribution in [3.05, 3.63) is 23.8 Å². The molecule has 5 heteroatoms. The van der Waals surface area contributed by atoms with Crippen LogP contribution in [0.3, 0.4) is 0 Å². The predicted molar refractivity (Wildman–Crippen MR) is 45.3 cm³/mol. The van der Waals surface area contributed by atoms with E-state index in [4.69, 9.17) is 15.3 Å². The van der Waals surface area contributed by atoms with Crippen LogP contribution in [0.25, 0.3) is 0 Å². The summed E-state index contributed by atoms with van der Waals surface area (Å²) in [5.74, 6) is -1.80. The second-order valence-electron chi connectivity index (χ2n) is 2.01. The molecule has 64 valence electrons. The van der Waals surface area contributed by atoms with Gasteiger partial charge in [-0.2, -0.15) is 0 Å². The first kappa shape index (κ1) is 11.1. The van der Waals surface area contributed by atoms with Gasteiger partial charge in [-0.1, -0.05) is 0 Å². The number of phenols is 2. The number of hydrogen-bond acceptors (Lipinski definition) is 3. The molecule has 0 saturated heterocycles. The van der Waals surface area contributed by atoms with Gasteiger partial charge in [0.1, 0.15) is 17.1 Å². The van der Waals surface area contributed by atoms with Crippen LogP contribution in [0.2, 0.25) is 0 Å². The number of aromatic hydroxyl groups is 2. The van der Waals surface area contributed by atoms with Crippen LogP contribution in [-0.2, 0) is 0 Å². The molecular weight excluding hydrogens is 267 g/mol. The Morgan fingerprint density at radius 2 is 1.83 bits per heavy atom. The Hall–Kier alpha value is -0.911. The molecular formula is C7H8O4Sn. The van der Waals surface area contributed by atoms with Crippen LogP contribution in [0.5, 0.6) is 11.5 Å². The van der Waals surface area contributed by atoms with E-state index >= 15 is 0 Å². The molecule has 3 N–H and O–H groups in total. The van der Waals surface area contributed by atoms with E-state index < -0.39 is 5.97 Å². The van der Waals surface area contributed by atoms with Gasteiger partial charge in [0.05, 0.1) is 0 Å². The summed E-state index contributed by atoms with van der Waals surface area (Å²) in [4.78, 5) is 10.3. The zero-order valence-corrected chi connectivity index (χ0v) is 10.2. The van der Waals surface area contributed by atoms with Gasteiger partial charge in [-0.3, -0.25) is 0 Å². The van der Waals surface area contributed by atoms with Gasteiger partial charge in [0.25, 0.3) is 0 Å². The SMILES string of the molecule is O=C(O)c1cc(O)ccc1O.[SnH2]. The van der Waals surface area contributed by atoms with Gasteiger partial charge in [0, 0.05) is 0 Å². The van der Waals surface area contributed by atoms with Gasteiger partial charge in [-0.15, -0.1) is 0 Å². The van der Waals surface area contributed by atoms with E-state index in [-0.39, 0.29) is 41.0 Å². The number of phenolic OH excluding ortho intramolecular Hbond substituents is 1. The second kappa shape index (κ2) is 4.20. The molecule has 0 fully saturated rings. The fraction of sp³-hybridized carbons (Fsp3) is 0. The van der Waals surface area contributed by atoms with Gasteiger partial charge >= 0.3 is 29.9 Å². The molecule has 0 bridgehead atoms. The molecule has 12 heavy (non-hydrogen) atoms. The normalized spacial score (nSPS) is 8.67. The van der Waals surface area contributed by atoms with E-state index in [2.05, 4.69) is 0 Å². The number of rotatable bonds is 1. The van der Waals surface area contributed by atoms with Crippen LogP contribution < -0.4 is 0 Å². The van der Waals surface area contributed by atoms with Crippen molar-refractivity contribution < 1.29 is 20.1 Å². The fourth-order valence-electron chi connectivity index (χ4n) is 0.695. The van der Waals surface area contributed by atoms with Crippen LogP contribution >= 0.6 is 0 Å². The Balaban J connectivity index is 0.00000121. The topological polar surface area (TPSA) is 77.8 Å². The molecule has 0 unspecified atom stereocenters. The summed E-state index contributed by atoms with van der Waals surface area (Å²) in [5.41, 5.74) is -0.301. The van der Waals surface area contributed by atoms with E-state index in [1.165, 1.54) is 6.07 Å². The molecule has 1 rings (SSSR count). The summed E-state index contributed by atoms with van der Waals surface area (Å²) in [6.45, 7) is 0. The third-order valence-electron chi connectivity index (χ3n) is 1.21. The van der Waals surface area contributed by atoms with E-state index in [1.54, 1.807) is 0 Å². The predicted octanol–water partition coefficient (Wildman–Crippen LogP) is -0.120. The first-order valence-corrected chi connectivity index (χ1v) is 2.86. The minimum absolute atomic E-state index is 0. The van der Waals surface area contributed by atoms with Gasteiger partial charge in [-0.05, 0) is 18.2 Å². The van der Waals surface area contributed by atoms with Crippen molar-refractivity contribution in [2.75, 3.05) is 0 Å². The van der Waals surface area contributed by atoms with E-state index in [1.807, 2.05) is 0 Å². The van der Waals surface area contributed by atoms with E-state index in [0.717, 1.165) is 12.1 Å². The molecule has 0 saturated carbocycles. The van der Waals surface area contributed by atoms with Gasteiger partial charge in [-0.25, -0.2) is 4.79 Å². The molecule has 0 heterocycles. The third kappa shape index (κ3) is 2.30. The summed E-state index contributed by atoms with van der Waals surface area (Å²) in [7, 11) is 0. The number of carboxylic acid groups (broad SMARTS) is 1. The zero-order valence-electron chi connectivity index (χ0n) is 6.19. The monoisotopic (exact) mass is 276 g/mol. The van der Waals surface area contributed by atoms with Gasteiger partial charge in [0.2, 0.25) is 0 Å². The first-order chi connectivity index (χ1) is 5.11. The maximum atomic E-state index is 10.3. The van der Waals surface area contributed by atoms with Crippen molar-refractivity contribution in [2.45, 2.75) is 0 Å². The zero-order chi connectivity index (χ0) is 8.43. The average molecular weight is 275 g/mol. The van der Waals surface area contributed by atoms with Crippen molar-refractivity contribution in [1.82, 2.24) is 0 Å². The quantitative estimate of drug-likeness (QED) is 0.493. The molecule has 1 aromatic carbocycles. The standard InChI is InChI=1S/C7H6O4.Sn.2H/c8-4-1-2-6(9)5(3-4)7(10)11;;;/h1-3,8-9H,(H,10,11);;;. The van der Waals surface area contributed by atoms with Crippen molar-refractivity contribution in [3.8, 4) is 11.5 Å². The Kier molecular flexibility index (Phi) is 3.88. The number of aromatic carboxylic acids is 1. The molecule has 0 spiro atoms. The number of hydrogen-bond donors (Lipinski definition) is 3. The Morgan fingerprint density at radius 1 is 1.25 bits per heavy atom. The summed E-state index contributed by atoms with van der Waals surface area (Å²) in [5, 5.41) is 26.1. The molecule has 1 aromatic rings. The van der Waals surface area contributed by atoms with Crippen molar-refractivity contribution in [1.29, 1.82) is 0 Å². The number of benzene rings is 1. The van der Waals surface area contributed by atoms with Crippen LogP contribution in [-0.4, -0.2) is 45.2 Å². The fourth-order valence-corrected chi connectivity index (χ4v) is 0.695. The van der Waals surface area contributed by atoms with Crippen molar-refractivity contribution in [3.63, 3.8) is 0 Å². The second-order valence-corrected chi connectivity index (χ2v) is 2.01. The van der Waals surface area contributed by atoms with Crippen LogP contribution in [0.1, 0.15) is 10.4 Å². The van der Waals surface area contributed by atoms with Crippen molar-refractivity contribution in [2.24, 2.45) is 0 Å². The summed E-state index contributed by atoms with van der Waals surface area (Å²) in [6.07, 6.45) is 0. The molecule has 0 aliphatic rings. The van der Waals surface area contributed by atoms with E-state index in [9.17, 15) is 4.79 Å². The van der Waals surface area contributed by atoms with Crippen LogP contribution in [0.4, 0.5) is 0 Å². The molecule has 4 nitrogen and oxygen atoms in total. The summed E-state index contributed by atoms with van der Waals surface area (Å²) in [6, 6.07) is 3.32. The van der Waals surface area contributed by atoms with Gasteiger partial charge in [0.15, 0.2) is 0 Å². The molecule has 0 aromatic heterocycles.